The SMILES string of the molecule is Cc1nccc(CN(C)CC(=O)O)n1. The summed E-state index contributed by atoms with van der Waals surface area (Å²) >= 11 is 0. The van der Waals surface area contributed by atoms with Crippen molar-refractivity contribution in [2.45, 2.75) is 13.5 Å². The second-order valence-electron chi connectivity index (χ2n) is 3.16. The predicted octanol–water partition coefficient (Wildman–Crippen LogP) is 0.301. The number of carboxylic acid groups (broad SMARTS) is 1. The number of nitrogens with zero attached hydrogens (tertiary/aromatic N) is 3. The Bertz CT molecular complexity index is 328. The van der Waals surface area contributed by atoms with Crippen molar-refractivity contribution >= 4 is 5.97 Å². The summed E-state index contributed by atoms with van der Waals surface area (Å²) in [4.78, 5) is 20.2. The highest BCUT2D eigenvalue weighted by Gasteiger charge is 2.05. The highest BCUT2D eigenvalue weighted by Crippen LogP contribution is 1.98. The summed E-state index contributed by atoms with van der Waals surface area (Å²) in [6.45, 7) is 2.35. The molecule has 1 N–H and O–H groups in total. The predicted molar refractivity (Wildman–Crippen MR) is 50.7 cm³/mol. The summed E-state index contributed by atoms with van der Waals surface area (Å²) in [7, 11) is 1.74. The van der Waals surface area contributed by atoms with E-state index in [1.807, 2.05) is 0 Å². The summed E-state index contributed by atoms with van der Waals surface area (Å²) in [6.07, 6.45) is 1.67. The Morgan fingerprint density at radius 2 is 2.36 bits per heavy atom. The summed E-state index contributed by atoms with van der Waals surface area (Å²) in [5.74, 6) is -0.135. The van der Waals surface area contributed by atoms with Crippen LogP contribution in [0.1, 0.15) is 11.5 Å². The van der Waals surface area contributed by atoms with E-state index in [2.05, 4.69) is 9.97 Å². The number of aromatic nitrogens is 2. The van der Waals surface area contributed by atoms with E-state index < -0.39 is 5.97 Å². The normalized spacial score (nSPS) is 10.5. The second-order valence-corrected chi connectivity index (χ2v) is 3.16. The zero-order valence-corrected chi connectivity index (χ0v) is 8.27. The number of carboxylic acids is 1. The first-order valence-corrected chi connectivity index (χ1v) is 4.27. The van der Waals surface area contributed by atoms with Crippen molar-refractivity contribution in [3.05, 3.63) is 23.8 Å². The molecule has 0 aliphatic carbocycles. The molecule has 0 bridgehead atoms. The largest absolute Gasteiger partial charge is 0.480 e. The molecule has 0 spiro atoms. The lowest BCUT2D eigenvalue weighted by atomic mass is 10.3. The van der Waals surface area contributed by atoms with Crippen molar-refractivity contribution in [3.63, 3.8) is 0 Å². The van der Waals surface area contributed by atoms with E-state index in [9.17, 15) is 4.79 Å². The van der Waals surface area contributed by atoms with Gasteiger partial charge >= 0.3 is 5.97 Å². The summed E-state index contributed by atoms with van der Waals surface area (Å²) < 4.78 is 0. The van der Waals surface area contributed by atoms with Crippen LogP contribution in [0.3, 0.4) is 0 Å². The van der Waals surface area contributed by atoms with Crippen LogP contribution in [-0.4, -0.2) is 39.5 Å². The Labute approximate surface area is 82.4 Å². The van der Waals surface area contributed by atoms with E-state index in [-0.39, 0.29) is 6.54 Å². The molecule has 0 saturated heterocycles. The Hall–Kier alpha value is -1.49. The molecule has 5 heteroatoms. The van der Waals surface area contributed by atoms with E-state index in [4.69, 9.17) is 5.11 Å². The number of rotatable bonds is 4. The minimum Gasteiger partial charge on any atom is -0.480 e. The molecule has 0 fully saturated rings. The van der Waals surface area contributed by atoms with Crippen LogP contribution >= 0.6 is 0 Å². The molecule has 0 atom stereocenters. The van der Waals surface area contributed by atoms with Gasteiger partial charge in [-0.15, -0.1) is 0 Å². The summed E-state index contributed by atoms with van der Waals surface area (Å²) in [6, 6.07) is 1.78. The molecular formula is C9H13N3O2. The molecule has 76 valence electrons. The van der Waals surface area contributed by atoms with Crippen LogP contribution in [0.5, 0.6) is 0 Å². The zero-order chi connectivity index (χ0) is 10.6. The topological polar surface area (TPSA) is 66.3 Å². The van der Waals surface area contributed by atoms with Gasteiger partial charge in [-0.1, -0.05) is 0 Å². The van der Waals surface area contributed by atoms with Crippen molar-refractivity contribution in [3.8, 4) is 0 Å². The van der Waals surface area contributed by atoms with Gasteiger partial charge < -0.3 is 5.11 Å². The first kappa shape index (κ1) is 10.6. The number of aliphatic carboxylic acids is 1. The molecule has 0 saturated carbocycles. The van der Waals surface area contributed by atoms with Crippen LogP contribution < -0.4 is 0 Å². The Balaban J connectivity index is 2.55. The Morgan fingerprint density at radius 3 is 2.93 bits per heavy atom. The number of hydrogen-bond donors (Lipinski definition) is 1. The lowest BCUT2D eigenvalue weighted by molar-refractivity contribution is -0.138. The molecule has 0 radical (unpaired) electrons. The van der Waals surface area contributed by atoms with Gasteiger partial charge in [0.25, 0.3) is 0 Å². The van der Waals surface area contributed by atoms with Gasteiger partial charge in [-0.05, 0) is 20.0 Å². The fourth-order valence-electron chi connectivity index (χ4n) is 1.16. The highest BCUT2D eigenvalue weighted by atomic mass is 16.4. The van der Waals surface area contributed by atoms with Crippen LogP contribution in [0, 0.1) is 6.92 Å². The number of hydrogen-bond acceptors (Lipinski definition) is 4. The van der Waals surface area contributed by atoms with Gasteiger partial charge in [-0.2, -0.15) is 0 Å². The maximum atomic E-state index is 10.4. The highest BCUT2D eigenvalue weighted by molar-refractivity contribution is 5.68. The minimum atomic E-state index is -0.835. The van der Waals surface area contributed by atoms with Crippen molar-refractivity contribution in [1.29, 1.82) is 0 Å². The number of aryl methyl sites for hydroxylation is 1. The smallest absolute Gasteiger partial charge is 0.317 e. The zero-order valence-electron chi connectivity index (χ0n) is 8.27. The molecule has 14 heavy (non-hydrogen) atoms. The van der Waals surface area contributed by atoms with Crippen LogP contribution in [0.2, 0.25) is 0 Å². The van der Waals surface area contributed by atoms with Crippen LogP contribution in [0.15, 0.2) is 12.3 Å². The van der Waals surface area contributed by atoms with Crippen molar-refractivity contribution in [2.24, 2.45) is 0 Å². The third-order valence-electron chi connectivity index (χ3n) is 1.67. The van der Waals surface area contributed by atoms with E-state index >= 15 is 0 Å². The molecule has 5 nitrogen and oxygen atoms in total. The van der Waals surface area contributed by atoms with Gasteiger partial charge in [0.2, 0.25) is 0 Å². The summed E-state index contributed by atoms with van der Waals surface area (Å²) in [5, 5.41) is 8.54. The Kier molecular flexibility index (Phi) is 3.53. The fourth-order valence-corrected chi connectivity index (χ4v) is 1.16. The molecule has 1 aromatic rings. The minimum absolute atomic E-state index is 0.0169. The molecule has 1 aromatic heterocycles. The van der Waals surface area contributed by atoms with Gasteiger partial charge in [-0.25, -0.2) is 9.97 Å². The lowest BCUT2D eigenvalue weighted by Gasteiger charge is -2.12. The van der Waals surface area contributed by atoms with Crippen molar-refractivity contribution in [2.75, 3.05) is 13.6 Å². The maximum Gasteiger partial charge on any atom is 0.317 e. The molecule has 0 aliphatic heterocycles. The molecular weight excluding hydrogens is 182 g/mol. The van der Waals surface area contributed by atoms with Gasteiger partial charge in [-0.3, -0.25) is 9.69 Å². The van der Waals surface area contributed by atoms with Crippen LogP contribution in [0.4, 0.5) is 0 Å². The number of carbonyl (C=O) groups is 1. The first-order valence-electron chi connectivity index (χ1n) is 4.27. The lowest BCUT2D eigenvalue weighted by Crippen LogP contribution is -2.25. The van der Waals surface area contributed by atoms with E-state index in [1.54, 1.807) is 31.1 Å². The molecule has 1 rings (SSSR count). The average Bonchev–Trinajstić information content (AvgIpc) is 2.01. The summed E-state index contributed by atoms with van der Waals surface area (Å²) in [5.41, 5.74) is 0.834. The first-order chi connectivity index (χ1) is 6.58. The second kappa shape index (κ2) is 4.66. The fraction of sp³-hybridized carbons (Fsp3) is 0.444. The molecule has 0 aliphatic rings. The maximum absolute atomic E-state index is 10.4. The van der Waals surface area contributed by atoms with Crippen LogP contribution in [-0.2, 0) is 11.3 Å². The van der Waals surface area contributed by atoms with E-state index in [0.717, 1.165) is 5.69 Å². The molecule has 1 heterocycles. The monoisotopic (exact) mass is 195 g/mol. The third-order valence-corrected chi connectivity index (χ3v) is 1.67. The third kappa shape index (κ3) is 3.49. The molecule has 0 unspecified atom stereocenters. The van der Waals surface area contributed by atoms with E-state index in [1.165, 1.54) is 0 Å². The molecule has 0 aromatic carbocycles. The van der Waals surface area contributed by atoms with E-state index in [0.29, 0.717) is 12.4 Å². The quantitative estimate of drug-likeness (QED) is 0.748. The van der Waals surface area contributed by atoms with Gasteiger partial charge in [0.15, 0.2) is 0 Å². The Morgan fingerprint density at radius 1 is 1.64 bits per heavy atom. The van der Waals surface area contributed by atoms with Crippen LogP contribution in [0.25, 0.3) is 0 Å². The van der Waals surface area contributed by atoms with Crippen molar-refractivity contribution < 1.29 is 9.90 Å². The average molecular weight is 195 g/mol. The van der Waals surface area contributed by atoms with Gasteiger partial charge in [0.05, 0.1) is 12.2 Å². The molecule has 0 amide bonds. The van der Waals surface area contributed by atoms with Crippen molar-refractivity contribution in [1.82, 2.24) is 14.9 Å². The van der Waals surface area contributed by atoms with Gasteiger partial charge in [0, 0.05) is 12.7 Å². The standard InChI is InChI=1S/C9H13N3O2/c1-7-10-4-3-8(11-7)5-12(2)6-9(13)14/h3-4H,5-6H2,1-2H3,(H,13,14). The number of likely N-dealkylation sites (N-methyl/N-ethyl adjacent to an activating group) is 1. The van der Waals surface area contributed by atoms with Gasteiger partial charge in [0.1, 0.15) is 5.82 Å².